The van der Waals surface area contributed by atoms with Crippen LogP contribution in [-0.2, 0) is 12.8 Å². The molecule has 8 rings (SSSR count). The molecule has 0 saturated heterocycles. The zero-order valence-corrected chi connectivity index (χ0v) is 19.5. The van der Waals surface area contributed by atoms with E-state index in [0.29, 0.717) is 0 Å². The first-order valence-corrected chi connectivity index (χ1v) is 12.4. The molecule has 0 N–H and O–H groups in total. The first kappa shape index (κ1) is 18.6. The Labute approximate surface area is 200 Å². The third-order valence-electron chi connectivity index (χ3n) is 8.27. The molecule has 0 aromatic heterocycles. The highest BCUT2D eigenvalue weighted by molar-refractivity contribution is 7.01. The van der Waals surface area contributed by atoms with Gasteiger partial charge in [0.2, 0.25) is 6.71 Å². The third-order valence-corrected chi connectivity index (χ3v) is 8.27. The van der Waals surface area contributed by atoms with Gasteiger partial charge in [-0.25, -0.2) is 0 Å². The largest absolute Gasteiger partial charge is 0.312 e. The lowest BCUT2D eigenvalue weighted by Crippen LogP contribution is -2.59. The highest BCUT2D eigenvalue weighted by Crippen LogP contribution is 2.43. The van der Waals surface area contributed by atoms with E-state index in [4.69, 9.17) is 0 Å². The highest BCUT2D eigenvalue weighted by atomic mass is 15.1. The minimum absolute atomic E-state index is 0.264. The predicted molar refractivity (Wildman–Crippen MR) is 146 cm³/mol. The minimum Gasteiger partial charge on any atom is -0.312 e. The molecular weight excluding hydrogens is 409 g/mol. The van der Waals surface area contributed by atoms with Crippen LogP contribution in [0.15, 0.2) is 84.9 Å². The first-order valence-electron chi connectivity index (χ1n) is 12.4. The molecule has 0 bridgehead atoms. The highest BCUT2D eigenvalue weighted by Gasteiger charge is 2.41. The number of hydrogen-bond donors (Lipinski definition) is 0. The summed E-state index contributed by atoms with van der Waals surface area (Å²) < 4.78 is 0. The van der Waals surface area contributed by atoms with Crippen LogP contribution < -0.4 is 21.3 Å². The zero-order valence-electron chi connectivity index (χ0n) is 19.5. The summed E-state index contributed by atoms with van der Waals surface area (Å²) in [7, 11) is 0. The van der Waals surface area contributed by atoms with E-state index in [1.54, 1.807) is 0 Å². The van der Waals surface area contributed by atoms with Crippen LogP contribution in [0.2, 0.25) is 0 Å². The number of nitrogens with zero attached hydrogens (tertiary/aromatic N) is 1. The van der Waals surface area contributed by atoms with Gasteiger partial charge in [-0.15, -0.1) is 0 Å². The van der Waals surface area contributed by atoms with E-state index in [2.05, 4.69) is 104 Å². The van der Waals surface area contributed by atoms with E-state index in [1.807, 2.05) is 0 Å². The molecule has 5 aromatic rings. The second kappa shape index (κ2) is 6.42. The second-order valence-corrected chi connectivity index (χ2v) is 10.2. The Morgan fingerprint density at radius 3 is 2.21 bits per heavy atom. The van der Waals surface area contributed by atoms with Gasteiger partial charge in [-0.05, 0) is 94.9 Å². The first-order chi connectivity index (χ1) is 16.7. The summed E-state index contributed by atoms with van der Waals surface area (Å²) in [6, 6.07) is 32.5. The summed E-state index contributed by atoms with van der Waals surface area (Å²) in [4.78, 5) is 2.48. The van der Waals surface area contributed by atoms with Gasteiger partial charge in [0.15, 0.2) is 0 Å². The second-order valence-electron chi connectivity index (χ2n) is 10.2. The molecule has 2 heterocycles. The van der Waals surface area contributed by atoms with E-state index >= 15 is 0 Å². The lowest BCUT2D eigenvalue weighted by atomic mass is 9.32. The summed E-state index contributed by atoms with van der Waals surface area (Å²) in [6.45, 7) is 4.64. The number of hydrogen-bond acceptors (Lipinski definition) is 1. The van der Waals surface area contributed by atoms with Crippen LogP contribution in [-0.4, -0.2) is 6.71 Å². The molecule has 0 unspecified atom stereocenters. The van der Waals surface area contributed by atoms with Crippen LogP contribution >= 0.6 is 0 Å². The molecule has 34 heavy (non-hydrogen) atoms. The Bertz CT molecular complexity index is 1670. The van der Waals surface area contributed by atoms with Crippen molar-refractivity contribution in [3.05, 3.63) is 107 Å². The average Bonchev–Trinajstić information content (AvgIpc) is 3.29. The van der Waals surface area contributed by atoms with Gasteiger partial charge >= 0.3 is 0 Å². The molecule has 0 saturated carbocycles. The van der Waals surface area contributed by atoms with Crippen LogP contribution in [0.5, 0.6) is 0 Å². The molecule has 2 aliphatic heterocycles. The molecular formula is C32H24BN. The van der Waals surface area contributed by atoms with Crippen molar-refractivity contribution in [2.75, 3.05) is 4.90 Å². The molecule has 1 aliphatic carbocycles. The van der Waals surface area contributed by atoms with Gasteiger partial charge in [-0.3, -0.25) is 0 Å². The Morgan fingerprint density at radius 2 is 1.38 bits per heavy atom. The quantitative estimate of drug-likeness (QED) is 0.294. The van der Waals surface area contributed by atoms with Gasteiger partial charge in [0.05, 0.1) is 0 Å². The smallest absolute Gasteiger partial charge is 0.248 e. The SMILES string of the molecule is Cc1ccc(N2c3ccc(C)cc3B3c4c(cccc42)-c2ccc4c5c(ccc3c25)CC4)cc1. The summed E-state index contributed by atoms with van der Waals surface area (Å²) in [5, 5.41) is 3.03. The fourth-order valence-electron chi connectivity index (χ4n) is 6.80. The van der Waals surface area contributed by atoms with Crippen molar-refractivity contribution in [1.82, 2.24) is 0 Å². The van der Waals surface area contributed by atoms with E-state index in [9.17, 15) is 0 Å². The Hall–Kier alpha value is -3.78. The van der Waals surface area contributed by atoms with Crippen LogP contribution in [0.3, 0.4) is 0 Å². The van der Waals surface area contributed by atoms with E-state index in [0.717, 1.165) is 0 Å². The minimum atomic E-state index is 0.264. The van der Waals surface area contributed by atoms with Gasteiger partial charge in [0.25, 0.3) is 0 Å². The van der Waals surface area contributed by atoms with Crippen molar-refractivity contribution in [2.24, 2.45) is 0 Å². The number of anilines is 3. The third kappa shape index (κ3) is 2.26. The number of aryl methyl sites for hydroxylation is 4. The predicted octanol–water partition coefficient (Wildman–Crippen LogP) is 5.84. The van der Waals surface area contributed by atoms with Gasteiger partial charge in [0.1, 0.15) is 0 Å². The molecule has 5 aromatic carbocycles. The standard InChI is InChI=1S/C32H24BN/c1-19-6-13-23(14-7-19)34-28-17-8-20(2)18-27(28)33-26-16-12-22-10-9-21-11-15-24(31(26)30(21)22)25-4-3-5-29(34)32(25)33/h3-8,11-18H,9-10H2,1-2H3. The number of rotatable bonds is 1. The number of benzene rings is 5. The van der Waals surface area contributed by atoms with Crippen LogP contribution in [0.25, 0.3) is 21.9 Å². The van der Waals surface area contributed by atoms with Crippen molar-refractivity contribution < 1.29 is 0 Å². The molecule has 2 heteroatoms. The fourth-order valence-corrected chi connectivity index (χ4v) is 6.80. The molecule has 0 atom stereocenters. The van der Waals surface area contributed by atoms with Crippen molar-refractivity contribution in [1.29, 1.82) is 0 Å². The molecule has 0 fully saturated rings. The van der Waals surface area contributed by atoms with Gasteiger partial charge < -0.3 is 4.90 Å². The van der Waals surface area contributed by atoms with Crippen LogP contribution in [0.1, 0.15) is 22.3 Å². The van der Waals surface area contributed by atoms with E-state index in [1.165, 1.54) is 90.4 Å². The Morgan fingerprint density at radius 1 is 0.618 bits per heavy atom. The van der Waals surface area contributed by atoms with Crippen molar-refractivity contribution in [3.8, 4) is 11.1 Å². The molecule has 160 valence electrons. The monoisotopic (exact) mass is 433 g/mol. The van der Waals surface area contributed by atoms with Crippen LogP contribution in [0.4, 0.5) is 17.1 Å². The van der Waals surface area contributed by atoms with Crippen molar-refractivity contribution >= 4 is 50.9 Å². The molecule has 0 amide bonds. The van der Waals surface area contributed by atoms with Gasteiger partial charge in [0, 0.05) is 17.1 Å². The number of fused-ring (bicyclic) bond motifs is 4. The van der Waals surface area contributed by atoms with Crippen LogP contribution in [0, 0.1) is 13.8 Å². The fraction of sp³-hybridized carbons (Fsp3) is 0.125. The maximum Gasteiger partial charge on any atom is 0.248 e. The zero-order chi connectivity index (χ0) is 22.6. The maximum atomic E-state index is 2.48. The van der Waals surface area contributed by atoms with Gasteiger partial charge in [-0.2, -0.15) is 0 Å². The maximum absolute atomic E-state index is 2.48. The Balaban J connectivity index is 1.53. The lowest BCUT2D eigenvalue weighted by molar-refractivity contribution is 1.02. The molecule has 1 nitrogen and oxygen atoms in total. The van der Waals surface area contributed by atoms with Gasteiger partial charge in [-0.1, -0.05) is 77.3 Å². The molecule has 0 radical (unpaired) electrons. The van der Waals surface area contributed by atoms with Crippen molar-refractivity contribution in [3.63, 3.8) is 0 Å². The summed E-state index contributed by atoms with van der Waals surface area (Å²) in [6.07, 6.45) is 2.34. The van der Waals surface area contributed by atoms with Crippen molar-refractivity contribution in [2.45, 2.75) is 26.7 Å². The summed E-state index contributed by atoms with van der Waals surface area (Å²) in [5.74, 6) is 0. The average molecular weight is 433 g/mol. The molecule has 0 spiro atoms. The normalized spacial score (nSPS) is 14.4. The summed E-state index contributed by atoms with van der Waals surface area (Å²) >= 11 is 0. The van der Waals surface area contributed by atoms with E-state index < -0.39 is 0 Å². The Kier molecular flexibility index (Phi) is 3.52. The van der Waals surface area contributed by atoms with E-state index in [-0.39, 0.29) is 6.71 Å². The topological polar surface area (TPSA) is 3.24 Å². The lowest BCUT2D eigenvalue weighted by Gasteiger charge is -2.40. The summed E-state index contributed by atoms with van der Waals surface area (Å²) in [5.41, 5.74) is 16.7. The molecule has 3 aliphatic rings.